The third-order valence-electron chi connectivity index (χ3n) is 3.67. The van der Waals surface area contributed by atoms with Crippen molar-refractivity contribution >= 4 is 40.9 Å². The molecule has 9 heteroatoms. The van der Waals surface area contributed by atoms with Gasteiger partial charge in [0.1, 0.15) is 5.75 Å². The Morgan fingerprint density at radius 3 is 2.50 bits per heavy atom. The Morgan fingerprint density at radius 1 is 1.00 bits per heavy atom. The smallest absolute Gasteiger partial charge is 0.220 e. The molecule has 8 nitrogen and oxygen atoms in total. The molecule has 0 atom stereocenters. The molecular formula is C15H14ClN7O. The van der Waals surface area contributed by atoms with Crippen LogP contribution in [0.1, 0.15) is 0 Å². The van der Waals surface area contributed by atoms with E-state index in [0.29, 0.717) is 23.0 Å². The third-order valence-corrected chi connectivity index (χ3v) is 3.67. The van der Waals surface area contributed by atoms with Gasteiger partial charge in [-0.2, -0.15) is 0 Å². The second-order valence-electron chi connectivity index (χ2n) is 4.91. The van der Waals surface area contributed by atoms with Gasteiger partial charge < -0.3 is 16.2 Å². The molecule has 0 aliphatic carbocycles. The van der Waals surface area contributed by atoms with Crippen LogP contribution in [0, 0.1) is 0 Å². The first-order chi connectivity index (χ1) is 11.2. The zero-order chi connectivity index (χ0) is 16.0. The van der Waals surface area contributed by atoms with Crippen molar-refractivity contribution < 1.29 is 4.74 Å². The van der Waals surface area contributed by atoms with E-state index in [1.165, 1.54) is 0 Å². The van der Waals surface area contributed by atoms with Crippen molar-refractivity contribution in [3.05, 3.63) is 36.8 Å². The zero-order valence-electron chi connectivity index (χ0n) is 12.7. The normalized spacial score (nSPS) is 10.7. The summed E-state index contributed by atoms with van der Waals surface area (Å²) in [6, 6.07) is 5.43. The fraction of sp³-hybridized carbons (Fsp3) is 0.0667. The summed E-state index contributed by atoms with van der Waals surface area (Å²) in [6.45, 7) is 0. The van der Waals surface area contributed by atoms with Gasteiger partial charge in [0, 0.05) is 24.2 Å². The standard InChI is InChI=1S/C15H13N7O.ClH/c1-23-10-4-7-18-13-12(10)11(8-2-5-19-14(16)21-8)9-3-6-20-15(17)22(9)13;/h2-7H,1H3,(H2,17,20)(H2,16,19,21);1H. The second kappa shape index (κ2) is 5.82. The Morgan fingerprint density at radius 2 is 1.75 bits per heavy atom. The van der Waals surface area contributed by atoms with E-state index in [2.05, 4.69) is 19.9 Å². The number of anilines is 2. The van der Waals surface area contributed by atoms with E-state index in [1.807, 2.05) is 6.07 Å². The van der Waals surface area contributed by atoms with Crippen molar-refractivity contribution in [2.24, 2.45) is 0 Å². The number of ether oxygens (including phenoxy) is 1. The maximum Gasteiger partial charge on any atom is 0.220 e. The van der Waals surface area contributed by atoms with Crippen LogP contribution in [0.2, 0.25) is 0 Å². The van der Waals surface area contributed by atoms with Crippen molar-refractivity contribution in [3.8, 4) is 17.0 Å². The monoisotopic (exact) mass is 343 g/mol. The van der Waals surface area contributed by atoms with Crippen LogP contribution in [0.15, 0.2) is 36.8 Å². The largest absolute Gasteiger partial charge is 0.496 e. The molecule has 0 spiro atoms. The molecule has 4 N–H and O–H groups in total. The Bertz CT molecular complexity index is 1050. The Kier molecular flexibility index (Phi) is 3.82. The maximum absolute atomic E-state index is 6.05. The summed E-state index contributed by atoms with van der Waals surface area (Å²) in [7, 11) is 1.61. The van der Waals surface area contributed by atoms with Gasteiger partial charge in [-0.1, -0.05) is 0 Å². The molecule has 4 heterocycles. The van der Waals surface area contributed by atoms with E-state index in [-0.39, 0.29) is 18.4 Å². The molecule has 0 aliphatic heterocycles. The van der Waals surface area contributed by atoms with Crippen LogP contribution < -0.4 is 16.2 Å². The average molecular weight is 344 g/mol. The Hall–Kier alpha value is -3.13. The number of rotatable bonds is 2. The molecule has 4 aromatic rings. The van der Waals surface area contributed by atoms with E-state index < -0.39 is 0 Å². The van der Waals surface area contributed by atoms with Crippen LogP contribution in [0.3, 0.4) is 0 Å². The second-order valence-corrected chi connectivity index (χ2v) is 4.91. The van der Waals surface area contributed by atoms with Crippen molar-refractivity contribution in [1.29, 1.82) is 0 Å². The number of nitrogen functional groups attached to an aromatic ring is 2. The van der Waals surface area contributed by atoms with Gasteiger partial charge in [-0.25, -0.2) is 19.9 Å². The number of pyridine rings is 1. The summed E-state index contributed by atoms with van der Waals surface area (Å²) < 4.78 is 7.27. The summed E-state index contributed by atoms with van der Waals surface area (Å²) >= 11 is 0. The summed E-state index contributed by atoms with van der Waals surface area (Å²) in [5.74, 6) is 1.20. The number of halogens is 1. The van der Waals surface area contributed by atoms with Gasteiger partial charge in [0.2, 0.25) is 11.9 Å². The van der Waals surface area contributed by atoms with Crippen molar-refractivity contribution in [3.63, 3.8) is 0 Å². The van der Waals surface area contributed by atoms with E-state index in [1.54, 1.807) is 42.2 Å². The molecule has 0 saturated heterocycles. The average Bonchev–Trinajstić information content (AvgIpc) is 2.90. The van der Waals surface area contributed by atoms with Gasteiger partial charge in [0.25, 0.3) is 0 Å². The number of hydrogen-bond donors (Lipinski definition) is 2. The predicted octanol–water partition coefficient (Wildman–Crippen LogP) is 1.93. The lowest BCUT2D eigenvalue weighted by Gasteiger charge is -2.04. The Labute approximate surface area is 142 Å². The van der Waals surface area contributed by atoms with Gasteiger partial charge in [0.05, 0.1) is 23.7 Å². The number of nitrogens with two attached hydrogens (primary N) is 2. The SMILES string of the molecule is COc1ccnc2c1c(-c1ccnc(N)n1)c1ccnc(N)n12.Cl. The molecule has 0 amide bonds. The van der Waals surface area contributed by atoms with E-state index >= 15 is 0 Å². The molecule has 24 heavy (non-hydrogen) atoms. The first-order valence-corrected chi connectivity index (χ1v) is 6.87. The Balaban J connectivity index is 0.00000169. The van der Waals surface area contributed by atoms with Crippen molar-refractivity contribution in [2.45, 2.75) is 0 Å². The molecule has 122 valence electrons. The van der Waals surface area contributed by atoms with Crippen LogP contribution in [0.4, 0.5) is 11.9 Å². The number of methoxy groups -OCH3 is 1. The quantitative estimate of drug-likeness (QED) is 0.571. The maximum atomic E-state index is 6.05. The first kappa shape index (κ1) is 15.8. The van der Waals surface area contributed by atoms with Crippen LogP contribution in [0.25, 0.3) is 27.8 Å². The number of aromatic nitrogens is 5. The summed E-state index contributed by atoms with van der Waals surface area (Å²) in [4.78, 5) is 16.9. The van der Waals surface area contributed by atoms with Crippen LogP contribution in [-0.4, -0.2) is 31.4 Å². The minimum atomic E-state index is 0. The van der Waals surface area contributed by atoms with Crippen LogP contribution in [-0.2, 0) is 0 Å². The topological polar surface area (TPSA) is 117 Å². The predicted molar refractivity (Wildman–Crippen MR) is 94.1 cm³/mol. The lowest BCUT2D eigenvalue weighted by molar-refractivity contribution is 0.419. The van der Waals surface area contributed by atoms with E-state index in [4.69, 9.17) is 16.2 Å². The first-order valence-electron chi connectivity index (χ1n) is 6.87. The van der Waals surface area contributed by atoms with E-state index in [0.717, 1.165) is 16.5 Å². The number of hydrogen-bond acceptors (Lipinski definition) is 7. The van der Waals surface area contributed by atoms with Crippen molar-refractivity contribution in [1.82, 2.24) is 24.3 Å². The highest BCUT2D eigenvalue weighted by Gasteiger charge is 2.20. The molecule has 0 aromatic carbocycles. The third kappa shape index (κ3) is 2.16. The van der Waals surface area contributed by atoms with Crippen molar-refractivity contribution in [2.75, 3.05) is 18.6 Å². The highest BCUT2D eigenvalue weighted by Crippen LogP contribution is 2.39. The minimum absolute atomic E-state index is 0. The highest BCUT2D eigenvalue weighted by molar-refractivity contribution is 6.07. The van der Waals surface area contributed by atoms with Gasteiger partial charge in [0.15, 0.2) is 5.65 Å². The minimum Gasteiger partial charge on any atom is -0.496 e. The molecule has 0 fully saturated rings. The fourth-order valence-corrected chi connectivity index (χ4v) is 2.77. The summed E-state index contributed by atoms with van der Waals surface area (Å²) in [5, 5.41) is 0.799. The molecule has 0 aliphatic rings. The van der Waals surface area contributed by atoms with Crippen LogP contribution in [0.5, 0.6) is 5.75 Å². The number of nitrogens with zero attached hydrogens (tertiary/aromatic N) is 5. The number of fused-ring (bicyclic) bond motifs is 3. The molecule has 0 radical (unpaired) electrons. The zero-order valence-corrected chi connectivity index (χ0v) is 13.5. The molecule has 4 rings (SSSR count). The molecular weight excluding hydrogens is 330 g/mol. The molecule has 0 saturated carbocycles. The van der Waals surface area contributed by atoms with E-state index in [9.17, 15) is 0 Å². The summed E-state index contributed by atoms with van der Waals surface area (Å²) in [5.41, 5.74) is 14.8. The summed E-state index contributed by atoms with van der Waals surface area (Å²) in [6.07, 6.45) is 4.92. The van der Waals surface area contributed by atoms with Gasteiger partial charge >= 0.3 is 0 Å². The van der Waals surface area contributed by atoms with Gasteiger partial charge in [-0.15, -0.1) is 12.4 Å². The molecule has 0 unspecified atom stereocenters. The van der Waals surface area contributed by atoms with Gasteiger partial charge in [-0.3, -0.25) is 4.40 Å². The molecule has 0 bridgehead atoms. The lowest BCUT2D eigenvalue weighted by atomic mass is 10.1. The fourth-order valence-electron chi connectivity index (χ4n) is 2.77. The lowest BCUT2D eigenvalue weighted by Crippen LogP contribution is -2.00. The highest BCUT2D eigenvalue weighted by atomic mass is 35.5. The van der Waals surface area contributed by atoms with Gasteiger partial charge in [-0.05, 0) is 18.2 Å². The van der Waals surface area contributed by atoms with Crippen LogP contribution >= 0.6 is 12.4 Å². The molecule has 4 aromatic heterocycles.